The number of hydrogen-bond acceptors (Lipinski definition) is 5. The molecule has 0 aromatic heterocycles. The summed E-state index contributed by atoms with van der Waals surface area (Å²) in [6, 6.07) is 5.60. The molecule has 0 amide bonds. The zero-order valence-electron chi connectivity index (χ0n) is 12.0. The zero-order valence-corrected chi connectivity index (χ0v) is 12.0. The number of methoxy groups -OCH3 is 2. The summed E-state index contributed by atoms with van der Waals surface area (Å²) in [4.78, 5) is 0. The van der Waals surface area contributed by atoms with E-state index in [0.717, 1.165) is 0 Å². The van der Waals surface area contributed by atoms with E-state index >= 15 is 0 Å². The number of para-hydroxylation sites is 1. The molecular weight excluding hydrogens is 246 g/mol. The van der Waals surface area contributed by atoms with Gasteiger partial charge in [-0.1, -0.05) is 19.9 Å². The minimum atomic E-state index is -0.130. The lowest BCUT2D eigenvalue weighted by Gasteiger charge is -2.21. The number of rotatable bonds is 8. The fourth-order valence-electron chi connectivity index (χ4n) is 1.77. The first kappa shape index (κ1) is 15.6. The highest BCUT2D eigenvalue weighted by atomic mass is 16.5. The zero-order chi connectivity index (χ0) is 14.3. The summed E-state index contributed by atoms with van der Waals surface area (Å²) < 4.78 is 16.2. The lowest BCUT2D eigenvalue weighted by atomic mass is 10.2. The van der Waals surface area contributed by atoms with Gasteiger partial charge in [0.2, 0.25) is 5.75 Å². The predicted octanol–water partition coefficient (Wildman–Crippen LogP) is 1.44. The van der Waals surface area contributed by atoms with Crippen LogP contribution in [0.4, 0.5) is 0 Å². The molecule has 1 rings (SSSR count). The van der Waals surface area contributed by atoms with Gasteiger partial charge in [0, 0.05) is 6.04 Å². The molecular formula is C14H23NO4. The highest BCUT2D eigenvalue weighted by Gasteiger charge is 2.15. The molecule has 2 N–H and O–H groups in total. The first-order valence-electron chi connectivity index (χ1n) is 6.33. The third-order valence-corrected chi connectivity index (χ3v) is 2.60. The number of hydrogen-bond donors (Lipinski definition) is 2. The van der Waals surface area contributed by atoms with E-state index in [1.54, 1.807) is 14.2 Å². The summed E-state index contributed by atoms with van der Waals surface area (Å²) in [6.07, 6.45) is 0. The molecule has 1 unspecified atom stereocenters. The summed E-state index contributed by atoms with van der Waals surface area (Å²) in [5.74, 6) is 1.78. The topological polar surface area (TPSA) is 60.0 Å². The Labute approximate surface area is 114 Å². The lowest BCUT2D eigenvalue weighted by Crippen LogP contribution is -2.41. The Bertz CT molecular complexity index is 359. The Balaban J connectivity index is 2.75. The van der Waals surface area contributed by atoms with Crippen LogP contribution in [0.5, 0.6) is 17.2 Å². The van der Waals surface area contributed by atoms with E-state index in [1.165, 1.54) is 0 Å². The maximum Gasteiger partial charge on any atom is 0.203 e. The highest BCUT2D eigenvalue weighted by Crippen LogP contribution is 2.36. The number of aliphatic hydroxyl groups excluding tert-OH is 1. The van der Waals surface area contributed by atoms with Crippen molar-refractivity contribution >= 4 is 0 Å². The second-order valence-corrected chi connectivity index (χ2v) is 4.50. The number of nitrogens with one attached hydrogen (secondary N) is 1. The van der Waals surface area contributed by atoms with Crippen LogP contribution >= 0.6 is 0 Å². The average Bonchev–Trinajstić information content (AvgIpc) is 2.42. The van der Waals surface area contributed by atoms with Crippen molar-refractivity contribution in [3.05, 3.63) is 18.2 Å². The first-order valence-corrected chi connectivity index (χ1v) is 6.33. The van der Waals surface area contributed by atoms with Gasteiger partial charge in [0.25, 0.3) is 0 Å². The van der Waals surface area contributed by atoms with E-state index in [1.807, 2.05) is 32.0 Å². The first-order chi connectivity index (χ1) is 9.12. The minimum Gasteiger partial charge on any atom is -0.493 e. The summed E-state index contributed by atoms with van der Waals surface area (Å²) in [5.41, 5.74) is 0. The quantitative estimate of drug-likeness (QED) is 0.748. The number of aliphatic hydroxyl groups is 1. The van der Waals surface area contributed by atoms with Gasteiger partial charge in [-0.25, -0.2) is 0 Å². The van der Waals surface area contributed by atoms with Gasteiger partial charge in [-0.15, -0.1) is 0 Å². The van der Waals surface area contributed by atoms with Gasteiger partial charge in [0.1, 0.15) is 6.61 Å². The monoisotopic (exact) mass is 269 g/mol. The molecule has 1 aromatic rings. The van der Waals surface area contributed by atoms with Crippen LogP contribution < -0.4 is 19.5 Å². The largest absolute Gasteiger partial charge is 0.493 e. The molecule has 0 bridgehead atoms. The second-order valence-electron chi connectivity index (χ2n) is 4.50. The molecule has 0 radical (unpaired) electrons. The molecule has 0 heterocycles. The highest BCUT2D eigenvalue weighted by molar-refractivity contribution is 5.51. The minimum absolute atomic E-state index is 0.00957. The number of benzene rings is 1. The van der Waals surface area contributed by atoms with Crippen molar-refractivity contribution in [3.63, 3.8) is 0 Å². The van der Waals surface area contributed by atoms with Crippen molar-refractivity contribution in [2.24, 2.45) is 0 Å². The van der Waals surface area contributed by atoms with Gasteiger partial charge in [-0.3, -0.25) is 0 Å². The number of ether oxygens (including phenoxy) is 3. The van der Waals surface area contributed by atoms with Crippen LogP contribution in [0.2, 0.25) is 0 Å². The second kappa shape index (κ2) is 7.86. The summed E-state index contributed by atoms with van der Waals surface area (Å²) in [5, 5.41) is 12.5. The molecule has 19 heavy (non-hydrogen) atoms. The van der Waals surface area contributed by atoms with E-state index in [0.29, 0.717) is 23.9 Å². The lowest BCUT2D eigenvalue weighted by molar-refractivity contribution is 0.170. The van der Waals surface area contributed by atoms with Gasteiger partial charge >= 0.3 is 0 Å². The van der Waals surface area contributed by atoms with Crippen LogP contribution in [0.25, 0.3) is 0 Å². The molecule has 1 aromatic carbocycles. The van der Waals surface area contributed by atoms with Crippen LogP contribution in [-0.2, 0) is 0 Å². The standard InChI is InChI=1S/C14H23NO4/c1-10(2)15-11(8-16)9-19-14-12(17-3)6-5-7-13(14)18-4/h5-7,10-11,15-16H,8-9H2,1-4H3. The third-order valence-electron chi connectivity index (χ3n) is 2.60. The molecule has 108 valence electrons. The summed E-state index contributed by atoms with van der Waals surface area (Å²) >= 11 is 0. The molecule has 5 heteroatoms. The van der Waals surface area contributed by atoms with Crippen molar-refractivity contribution < 1.29 is 19.3 Å². The van der Waals surface area contributed by atoms with E-state index in [9.17, 15) is 5.11 Å². The van der Waals surface area contributed by atoms with Crippen molar-refractivity contribution in [1.82, 2.24) is 5.32 Å². The summed E-state index contributed by atoms with van der Waals surface area (Å²) in [6.45, 7) is 4.39. The molecule has 0 saturated carbocycles. The molecule has 1 atom stereocenters. The Morgan fingerprint density at radius 3 is 2.16 bits per heavy atom. The van der Waals surface area contributed by atoms with E-state index in [4.69, 9.17) is 14.2 Å². The van der Waals surface area contributed by atoms with E-state index < -0.39 is 0 Å². The van der Waals surface area contributed by atoms with E-state index in [-0.39, 0.29) is 18.7 Å². The Morgan fingerprint density at radius 2 is 1.74 bits per heavy atom. The van der Waals surface area contributed by atoms with Gasteiger partial charge in [0.05, 0.1) is 26.9 Å². The van der Waals surface area contributed by atoms with Crippen molar-refractivity contribution in [2.75, 3.05) is 27.4 Å². The average molecular weight is 269 g/mol. The molecule has 0 aliphatic carbocycles. The maximum atomic E-state index is 9.30. The Hall–Kier alpha value is -1.46. The molecule has 0 fully saturated rings. The van der Waals surface area contributed by atoms with Crippen molar-refractivity contribution in [1.29, 1.82) is 0 Å². The normalized spacial score (nSPS) is 12.3. The Morgan fingerprint density at radius 1 is 1.16 bits per heavy atom. The SMILES string of the molecule is COc1cccc(OC)c1OCC(CO)NC(C)C. The summed E-state index contributed by atoms with van der Waals surface area (Å²) in [7, 11) is 3.16. The van der Waals surface area contributed by atoms with Gasteiger partial charge in [-0.05, 0) is 12.1 Å². The van der Waals surface area contributed by atoms with Crippen LogP contribution in [0, 0.1) is 0 Å². The fraction of sp³-hybridized carbons (Fsp3) is 0.571. The smallest absolute Gasteiger partial charge is 0.203 e. The van der Waals surface area contributed by atoms with Crippen molar-refractivity contribution in [2.45, 2.75) is 25.9 Å². The molecule has 0 aliphatic heterocycles. The van der Waals surface area contributed by atoms with Gasteiger partial charge in [0.15, 0.2) is 11.5 Å². The third kappa shape index (κ3) is 4.61. The maximum absolute atomic E-state index is 9.30. The molecule has 5 nitrogen and oxygen atoms in total. The van der Waals surface area contributed by atoms with Crippen molar-refractivity contribution in [3.8, 4) is 17.2 Å². The van der Waals surface area contributed by atoms with Crippen LogP contribution in [-0.4, -0.2) is 44.6 Å². The molecule has 0 spiro atoms. The fourth-order valence-corrected chi connectivity index (χ4v) is 1.77. The van der Waals surface area contributed by atoms with Gasteiger partial charge < -0.3 is 24.6 Å². The van der Waals surface area contributed by atoms with Gasteiger partial charge in [-0.2, -0.15) is 0 Å². The molecule has 0 saturated heterocycles. The molecule has 0 aliphatic rings. The van der Waals surface area contributed by atoms with Crippen LogP contribution in [0.3, 0.4) is 0 Å². The predicted molar refractivity (Wildman–Crippen MR) is 74.2 cm³/mol. The van der Waals surface area contributed by atoms with Crippen LogP contribution in [0.15, 0.2) is 18.2 Å². The van der Waals surface area contributed by atoms with Crippen LogP contribution in [0.1, 0.15) is 13.8 Å². The Kier molecular flexibility index (Phi) is 6.45. The van der Waals surface area contributed by atoms with E-state index in [2.05, 4.69) is 5.32 Å².